The Morgan fingerprint density at radius 1 is 0.833 bits per heavy atom. The Kier molecular flexibility index (Phi) is 5.59. The summed E-state index contributed by atoms with van der Waals surface area (Å²) in [7, 11) is 0. The lowest BCUT2D eigenvalue weighted by Crippen LogP contribution is -2.18. The van der Waals surface area contributed by atoms with E-state index in [4.69, 9.17) is 0 Å². The summed E-state index contributed by atoms with van der Waals surface area (Å²) in [6.07, 6.45) is 0. The first-order valence-electron chi connectivity index (χ1n) is 9.57. The molecule has 2 N–H and O–H groups in total. The van der Waals surface area contributed by atoms with Crippen molar-refractivity contribution in [3.8, 4) is 0 Å². The van der Waals surface area contributed by atoms with Crippen molar-refractivity contribution in [3.05, 3.63) is 107 Å². The lowest BCUT2D eigenvalue weighted by molar-refractivity contribution is 0.0684. The van der Waals surface area contributed by atoms with E-state index in [9.17, 15) is 18.7 Å². The van der Waals surface area contributed by atoms with Crippen LogP contribution in [0.1, 0.15) is 27.2 Å². The van der Waals surface area contributed by atoms with Gasteiger partial charge in [-0.2, -0.15) is 0 Å². The average molecular weight is 406 g/mol. The molecule has 6 heteroatoms. The molecular formula is C24H20F2N2O2. The zero-order chi connectivity index (χ0) is 21.1. The number of aromatic carboxylic acids is 1. The van der Waals surface area contributed by atoms with Crippen LogP contribution in [0.15, 0.2) is 72.8 Å². The molecule has 0 aliphatic rings. The normalized spacial score (nSPS) is 11.1. The number of fused-ring (bicyclic) bond motifs is 1. The maximum absolute atomic E-state index is 14.2. The Hall–Kier alpha value is -3.51. The number of aromatic nitrogens is 1. The average Bonchev–Trinajstić information content (AvgIpc) is 3.05. The Morgan fingerprint density at radius 2 is 1.43 bits per heavy atom. The third kappa shape index (κ3) is 3.82. The van der Waals surface area contributed by atoms with E-state index in [1.54, 1.807) is 41.0 Å². The third-order valence-electron chi connectivity index (χ3n) is 5.14. The van der Waals surface area contributed by atoms with Crippen LogP contribution in [0.5, 0.6) is 0 Å². The van der Waals surface area contributed by atoms with Gasteiger partial charge in [-0.15, -0.1) is 0 Å². The van der Waals surface area contributed by atoms with E-state index < -0.39 is 5.97 Å². The molecule has 152 valence electrons. The van der Waals surface area contributed by atoms with Gasteiger partial charge in [-0.25, -0.2) is 13.6 Å². The van der Waals surface area contributed by atoms with Crippen molar-refractivity contribution in [3.63, 3.8) is 0 Å². The summed E-state index contributed by atoms with van der Waals surface area (Å²) in [4.78, 5) is 12.2. The van der Waals surface area contributed by atoms with Crippen molar-refractivity contribution in [2.24, 2.45) is 0 Å². The van der Waals surface area contributed by atoms with Crippen LogP contribution in [0.4, 0.5) is 8.78 Å². The zero-order valence-corrected chi connectivity index (χ0v) is 16.1. The number of para-hydroxylation sites is 1. The van der Waals surface area contributed by atoms with Crippen LogP contribution in [0.3, 0.4) is 0 Å². The predicted molar refractivity (Wildman–Crippen MR) is 111 cm³/mol. The summed E-state index contributed by atoms with van der Waals surface area (Å²) in [5, 5.41) is 13.9. The quantitative estimate of drug-likeness (QED) is 0.456. The second-order valence-electron chi connectivity index (χ2n) is 7.02. The van der Waals surface area contributed by atoms with Gasteiger partial charge >= 0.3 is 5.97 Å². The van der Waals surface area contributed by atoms with E-state index in [0.29, 0.717) is 22.2 Å². The van der Waals surface area contributed by atoms with Crippen LogP contribution >= 0.6 is 0 Å². The molecule has 0 saturated heterocycles. The Balaban J connectivity index is 1.72. The van der Waals surface area contributed by atoms with Crippen LogP contribution in [0.25, 0.3) is 10.9 Å². The van der Waals surface area contributed by atoms with Crippen molar-refractivity contribution in [2.75, 3.05) is 0 Å². The number of rotatable bonds is 7. The standard InChI is InChI=1S/C24H20F2N2O2/c25-20-10-4-1-7-16(20)13-27-14-19-18-9-3-6-12-22(18)28(23(19)24(29)30)15-17-8-2-5-11-21(17)26/h1-12,27H,13-15H2,(H,29,30). The van der Waals surface area contributed by atoms with Gasteiger partial charge in [0.15, 0.2) is 0 Å². The molecule has 0 unspecified atom stereocenters. The first-order chi connectivity index (χ1) is 14.6. The molecule has 1 aromatic heterocycles. The number of hydrogen-bond donors (Lipinski definition) is 2. The number of benzene rings is 3. The van der Waals surface area contributed by atoms with Gasteiger partial charge in [-0.1, -0.05) is 54.6 Å². The van der Waals surface area contributed by atoms with E-state index in [2.05, 4.69) is 5.32 Å². The minimum atomic E-state index is -1.09. The van der Waals surface area contributed by atoms with Gasteiger partial charge in [0.05, 0.1) is 6.54 Å². The van der Waals surface area contributed by atoms with Gasteiger partial charge in [0.1, 0.15) is 17.3 Å². The molecule has 3 aromatic carbocycles. The predicted octanol–water partition coefficient (Wildman–Crippen LogP) is 4.96. The fourth-order valence-electron chi connectivity index (χ4n) is 3.72. The number of carboxylic acid groups (broad SMARTS) is 1. The van der Waals surface area contributed by atoms with E-state index in [1.165, 1.54) is 12.1 Å². The van der Waals surface area contributed by atoms with Crippen LogP contribution in [-0.2, 0) is 19.6 Å². The smallest absolute Gasteiger partial charge is 0.352 e. The van der Waals surface area contributed by atoms with Crippen molar-refractivity contribution in [1.29, 1.82) is 0 Å². The lowest BCUT2D eigenvalue weighted by atomic mass is 10.1. The van der Waals surface area contributed by atoms with Gasteiger partial charge < -0.3 is 15.0 Å². The Bertz CT molecular complexity index is 1220. The summed E-state index contributed by atoms with van der Waals surface area (Å²) in [6, 6.07) is 20.1. The Morgan fingerprint density at radius 3 is 2.10 bits per heavy atom. The third-order valence-corrected chi connectivity index (χ3v) is 5.14. The molecular weight excluding hydrogens is 386 g/mol. The highest BCUT2D eigenvalue weighted by atomic mass is 19.1. The number of hydrogen-bond acceptors (Lipinski definition) is 2. The molecule has 4 aromatic rings. The maximum Gasteiger partial charge on any atom is 0.352 e. The fraction of sp³-hybridized carbons (Fsp3) is 0.125. The number of nitrogens with zero attached hydrogens (tertiary/aromatic N) is 1. The number of halogens is 2. The molecule has 0 aliphatic carbocycles. The molecule has 0 atom stereocenters. The van der Waals surface area contributed by atoms with Crippen molar-refractivity contribution < 1.29 is 18.7 Å². The molecule has 0 saturated carbocycles. The molecule has 0 bridgehead atoms. The summed E-state index contributed by atoms with van der Waals surface area (Å²) < 4.78 is 29.7. The summed E-state index contributed by atoms with van der Waals surface area (Å²) in [5.74, 6) is -1.79. The molecule has 4 rings (SSSR count). The second-order valence-corrected chi connectivity index (χ2v) is 7.02. The first kappa shape index (κ1) is 19.8. The largest absolute Gasteiger partial charge is 0.477 e. The van der Waals surface area contributed by atoms with Gasteiger partial charge in [0.25, 0.3) is 0 Å². The molecule has 1 heterocycles. The lowest BCUT2D eigenvalue weighted by Gasteiger charge is -2.11. The minimum Gasteiger partial charge on any atom is -0.477 e. The van der Waals surface area contributed by atoms with E-state index >= 15 is 0 Å². The highest BCUT2D eigenvalue weighted by Crippen LogP contribution is 2.28. The second kappa shape index (κ2) is 8.47. The van der Waals surface area contributed by atoms with Crippen LogP contribution in [0, 0.1) is 11.6 Å². The molecule has 0 fully saturated rings. The van der Waals surface area contributed by atoms with E-state index in [-0.39, 0.29) is 37.0 Å². The summed E-state index contributed by atoms with van der Waals surface area (Å²) in [6.45, 7) is 0.599. The fourth-order valence-corrected chi connectivity index (χ4v) is 3.72. The molecule has 30 heavy (non-hydrogen) atoms. The molecule has 0 radical (unpaired) electrons. The first-order valence-corrected chi connectivity index (χ1v) is 9.57. The highest BCUT2D eigenvalue weighted by Gasteiger charge is 2.22. The maximum atomic E-state index is 14.2. The molecule has 0 amide bonds. The number of carbonyl (C=O) groups is 1. The minimum absolute atomic E-state index is 0.0977. The topological polar surface area (TPSA) is 54.3 Å². The highest BCUT2D eigenvalue weighted by molar-refractivity contribution is 5.98. The van der Waals surface area contributed by atoms with Crippen LogP contribution in [0.2, 0.25) is 0 Å². The van der Waals surface area contributed by atoms with Crippen molar-refractivity contribution in [2.45, 2.75) is 19.6 Å². The van der Waals surface area contributed by atoms with Gasteiger partial charge in [-0.3, -0.25) is 0 Å². The monoisotopic (exact) mass is 406 g/mol. The Labute approximate surface area is 172 Å². The van der Waals surface area contributed by atoms with E-state index in [0.717, 1.165) is 5.39 Å². The number of nitrogens with one attached hydrogen (secondary N) is 1. The van der Waals surface area contributed by atoms with Crippen LogP contribution in [-0.4, -0.2) is 15.6 Å². The molecule has 0 spiro atoms. The number of carboxylic acids is 1. The van der Waals surface area contributed by atoms with Crippen LogP contribution < -0.4 is 5.32 Å². The summed E-state index contributed by atoms with van der Waals surface area (Å²) >= 11 is 0. The van der Waals surface area contributed by atoms with Gasteiger partial charge in [0, 0.05) is 40.7 Å². The van der Waals surface area contributed by atoms with Gasteiger partial charge in [-0.05, 0) is 18.2 Å². The van der Waals surface area contributed by atoms with Gasteiger partial charge in [0.2, 0.25) is 0 Å². The molecule has 0 aliphatic heterocycles. The zero-order valence-electron chi connectivity index (χ0n) is 16.1. The van der Waals surface area contributed by atoms with Crippen molar-refractivity contribution in [1.82, 2.24) is 9.88 Å². The molecule has 4 nitrogen and oxygen atoms in total. The van der Waals surface area contributed by atoms with E-state index in [1.807, 2.05) is 24.3 Å². The SMILES string of the molecule is O=C(O)c1c(CNCc2ccccc2F)c2ccccc2n1Cc1ccccc1F. The van der Waals surface area contributed by atoms with Crippen molar-refractivity contribution >= 4 is 16.9 Å². The summed E-state index contributed by atoms with van der Waals surface area (Å²) in [5.41, 5.74) is 2.31.